The quantitative estimate of drug-likeness (QED) is 0.740. The van der Waals surface area contributed by atoms with Crippen molar-refractivity contribution in [2.24, 2.45) is 11.8 Å². The molecule has 2 fully saturated rings. The molecule has 0 aliphatic heterocycles. The van der Waals surface area contributed by atoms with E-state index in [1.165, 1.54) is 19.3 Å². The van der Waals surface area contributed by atoms with Crippen LogP contribution in [-0.2, 0) is 0 Å². The highest BCUT2D eigenvalue weighted by molar-refractivity contribution is 5.09. The van der Waals surface area contributed by atoms with E-state index in [2.05, 4.69) is 30.3 Å². The largest absolute Gasteiger partial charge is 0.303 e. The molecule has 2 aliphatic carbocycles. The number of hydrogen-bond donors (Lipinski definition) is 1. The highest BCUT2D eigenvalue weighted by Gasteiger charge is 2.36. The summed E-state index contributed by atoms with van der Waals surface area (Å²) >= 11 is 0. The molecule has 0 aromatic carbocycles. The molecule has 0 heterocycles. The minimum atomic E-state index is -0.367. The first kappa shape index (κ1) is 11.9. The summed E-state index contributed by atoms with van der Waals surface area (Å²) in [5, 5.41) is 12.7. The summed E-state index contributed by atoms with van der Waals surface area (Å²) in [6.45, 7) is 6.32. The molecule has 0 spiro atoms. The third-order valence-electron chi connectivity index (χ3n) is 3.76. The second kappa shape index (κ2) is 4.35. The fraction of sp³-hybridized carbons (Fsp3) is 0.923. The molecule has 3 atom stereocenters. The van der Waals surface area contributed by atoms with Gasteiger partial charge in [-0.05, 0) is 45.1 Å². The van der Waals surface area contributed by atoms with Gasteiger partial charge in [-0.25, -0.2) is 0 Å². The van der Waals surface area contributed by atoms with Crippen LogP contribution < -0.4 is 5.32 Å². The molecule has 0 aromatic heterocycles. The second-order valence-corrected chi connectivity index (χ2v) is 6.03. The highest BCUT2D eigenvalue weighted by atomic mass is 15.2. The van der Waals surface area contributed by atoms with Crippen molar-refractivity contribution >= 4 is 0 Å². The number of rotatable bonds is 6. The molecule has 1 N–H and O–H groups in total. The van der Waals surface area contributed by atoms with Gasteiger partial charge in [0, 0.05) is 19.1 Å². The van der Waals surface area contributed by atoms with Crippen LogP contribution in [0.15, 0.2) is 0 Å². The SMILES string of the molecule is CC1CC1CN(C)CC(C)(C#N)NC1CC1. The standard InChI is InChI=1S/C13H23N3/c1-10-6-11(10)7-16(3)9-13(2,8-14)15-12-4-5-12/h10-12,15H,4-7,9H2,1-3H3. The van der Waals surface area contributed by atoms with Crippen LogP contribution in [0, 0.1) is 23.2 Å². The van der Waals surface area contributed by atoms with Crippen LogP contribution in [-0.4, -0.2) is 36.6 Å². The molecule has 3 unspecified atom stereocenters. The molecule has 0 bridgehead atoms. The summed E-state index contributed by atoms with van der Waals surface area (Å²) in [6, 6.07) is 3.03. The first-order valence-electron chi connectivity index (χ1n) is 6.40. The lowest BCUT2D eigenvalue weighted by Crippen LogP contribution is -2.50. The smallest absolute Gasteiger partial charge is 0.116 e. The Bertz CT molecular complexity index is 292. The molecular formula is C13H23N3. The number of nitriles is 1. The minimum absolute atomic E-state index is 0.367. The van der Waals surface area contributed by atoms with E-state index < -0.39 is 0 Å². The van der Waals surface area contributed by atoms with E-state index in [1.54, 1.807) is 0 Å². The summed E-state index contributed by atoms with van der Waals surface area (Å²) in [5.41, 5.74) is -0.367. The Labute approximate surface area is 98.8 Å². The Morgan fingerprint density at radius 1 is 1.50 bits per heavy atom. The van der Waals surface area contributed by atoms with Gasteiger partial charge < -0.3 is 4.90 Å². The van der Waals surface area contributed by atoms with Crippen molar-refractivity contribution in [3.63, 3.8) is 0 Å². The van der Waals surface area contributed by atoms with Gasteiger partial charge in [0.15, 0.2) is 0 Å². The zero-order chi connectivity index (χ0) is 11.8. The Kier molecular flexibility index (Phi) is 3.23. The Hall–Kier alpha value is -0.590. The zero-order valence-electron chi connectivity index (χ0n) is 10.7. The lowest BCUT2D eigenvalue weighted by Gasteiger charge is -2.29. The van der Waals surface area contributed by atoms with Gasteiger partial charge in [-0.1, -0.05) is 6.92 Å². The van der Waals surface area contributed by atoms with E-state index in [0.29, 0.717) is 6.04 Å². The van der Waals surface area contributed by atoms with E-state index in [1.807, 2.05) is 6.92 Å². The number of nitrogens with one attached hydrogen (secondary N) is 1. The topological polar surface area (TPSA) is 39.1 Å². The fourth-order valence-corrected chi connectivity index (χ4v) is 2.45. The van der Waals surface area contributed by atoms with E-state index in [9.17, 15) is 5.26 Å². The normalized spacial score (nSPS) is 32.2. The summed E-state index contributed by atoms with van der Waals surface area (Å²) in [7, 11) is 2.13. The number of hydrogen-bond acceptors (Lipinski definition) is 3. The lowest BCUT2D eigenvalue weighted by molar-refractivity contribution is 0.248. The Morgan fingerprint density at radius 2 is 2.12 bits per heavy atom. The average Bonchev–Trinajstić information content (AvgIpc) is 3.08. The fourth-order valence-electron chi connectivity index (χ4n) is 2.45. The average molecular weight is 221 g/mol. The van der Waals surface area contributed by atoms with Crippen LogP contribution >= 0.6 is 0 Å². The van der Waals surface area contributed by atoms with E-state index in [4.69, 9.17) is 0 Å². The van der Waals surface area contributed by atoms with Gasteiger partial charge in [-0.2, -0.15) is 5.26 Å². The van der Waals surface area contributed by atoms with Crippen molar-refractivity contribution in [2.75, 3.05) is 20.1 Å². The summed E-state index contributed by atoms with van der Waals surface area (Å²) < 4.78 is 0. The van der Waals surface area contributed by atoms with Gasteiger partial charge in [0.1, 0.15) is 5.54 Å². The predicted molar refractivity (Wildman–Crippen MR) is 64.9 cm³/mol. The number of nitrogens with zero attached hydrogens (tertiary/aromatic N) is 2. The molecule has 2 saturated carbocycles. The third kappa shape index (κ3) is 3.20. The van der Waals surface area contributed by atoms with Crippen molar-refractivity contribution in [1.82, 2.24) is 10.2 Å². The summed E-state index contributed by atoms with van der Waals surface area (Å²) in [5.74, 6) is 1.76. The molecule has 90 valence electrons. The zero-order valence-corrected chi connectivity index (χ0v) is 10.7. The van der Waals surface area contributed by atoms with Crippen LogP contribution in [0.1, 0.15) is 33.1 Å². The van der Waals surface area contributed by atoms with Gasteiger partial charge in [0.2, 0.25) is 0 Å². The summed E-state index contributed by atoms with van der Waals surface area (Å²) in [6.07, 6.45) is 3.84. The molecular weight excluding hydrogens is 198 g/mol. The third-order valence-corrected chi connectivity index (χ3v) is 3.76. The van der Waals surface area contributed by atoms with Gasteiger partial charge in [0.25, 0.3) is 0 Å². The first-order chi connectivity index (χ1) is 7.52. The van der Waals surface area contributed by atoms with Crippen LogP contribution in [0.4, 0.5) is 0 Å². The molecule has 3 nitrogen and oxygen atoms in total. The molecule has 0 amide bonds. The van der Waals surface area contributed by atoms with Crippen molar-refractivity contribution in [1.29, 1.82) is 5.26 Å². The Balaban J connectivity index is 1.77. The van der Waals surface area contributed by atoms with Crippen molar-refractivity contribution in [3.8, 4) is 6.07 Å². The van der Waals surface area contributed by atoms with Crippen molar-refractivity contribution < 1.29 is 0 Å². The first-order valence-corrected chi connectivity index (χ1v) is 6.40. The Morgan fingerprint density at radius 3 is 2.56 bits per heavy atom. The molecule has 0 saturated heterocycles. The van der Waals surface area contributed by atoms with Crippen LogP contribution in [0.2, 0.25) is 0 Å². The maximum atomic E-state index is 9.27. The van der Waals surface area contributed by atoms with Gasteiger partial charge in [-0.3, -0.25) is 5.32 Å². The van der Waals surface area contributed by atoms with Crippen molar-refractivity contribution in [2.45, 2.75) is 44.7 Å². The van der Waals surface area contributed by atoms with Gasteiger partial charge in [-0.15, -0.1) is 0 Å². The lowest BCUT2D eigenvalue weighted by atomic mass is 10.0. The predicted octanol–water partition coefficient (Wildman–Crippen LogP) is 1.61. The van der Waals surface area contributed by atoms with Gasteiger partial charge in [0.05, 0.1) is 6.07 Å². The van der Waals surface area contributed by atoms with E-state index in [-0.39, 0.29) is 5.54 Å². The number of likely N-dealkylation sites (N-methyl/N-ethyl adjacent to an activating group) is 1. The van der Waals surface area contributed by atoms with E-state index >= 15 is 0 Å². The molecule has 0 aromatic rings. The molecule has 0 radical (unpaired) electrons. The monoisotopic (exact) mass is 221 g/mol. The maximum absolute atomic E-state index is 9.27. The van der Waals surface area contributed by atoms with E-state index in [0.717, 1.165) is 24.9 Å². The maximum Gasteiger partial charge on any atom is 0.116 e. The second-order valence-electron chi connectivity index (χ2n) is 6.03. The van der Waals surface area contributed by atoms with Crippen LogP contribution in [0.3, 0.4) is 0 Å². The summed E-state index contributed by atoms with van der Waals surface area (Å²) in [4.78, 5) is 2.31. The highest BCUT2D eigenvalue weighted by Crippen LogP contribution is 2.38. The molecule has 16 heavy (non-hydrogen) atoms. The minimum Gasteiger partial charge on any atom is -0.303 e. The molecule has 2 aliphatic rings. The van der Waals surface area contributed by atoms with Crippen molar-refractivity contribution in [3.05, 3.63) is 0 Å². The van der Waals surface area contributed by atoms with Gasteiger partial charge >= 0.3 is 0 Å². The molecule has 3 heteroatoms. The van der Waals surface area contributed by atoms with Crippen LogP contribution in [0.5, 0.6) is 0 Å². The molecule has 2 rings (SSSR count). The van der Waals surface area contributed by atoms with Crippen LogP contribution in [0.25, 0.3) is 0 Å².